The molecule has 9 nitrogen and oxygen atoms in total. The third-order valence-corrected chi connectivity index (χ3v) is 7.02. The predicted molar refractivity (Wildman–Crippen MR) is 140 cm³/mol. The fourth-order valence-corrected chi connectivity index (χ4v) is 5.46. The van der Waals surface area contributed by atoms with Crippen LogP contribution in [0.5, 0.6) is 11.5 Å². The quantitative estimate of drug-likeness (QED) is 0.321. The third kappa shape index (κ3) is 6.39. The van der Waals surface area contributed by atoms with Crippen molar-refractivity contribution in [3.05, 3.63) is 58.1 Å². The van der Waals surface area contributed by atoms with Crippen LogP contribution < -0.4 is 9.47 Å². The molecule has 2 aromatic rings. The Morgan fingerprint density at radius 3 is 2.53 bits per heavy atom. The van der Waals surface area contributed by atoms with Crippen LogP contribution in [0.4, 0.5) is 4.79 Å². The van der Waals surface area contributed by atoms with Gasteiger partial charge in [0.25, 0.3) is 0 Å². The number of halogens is 1. The van der Waals surface area contributed by atoms with Crippen LogP contribution in [0.1, 0.15) is 49.4 Å². The van der Waals surface area contributed by atoms with E-state index < -0.39 is 12.3 Å². The van der Waals surface area contributed by atoms with Gasteiger partial charge in [-0.2, -0.15) is 0 Å². The molecule has 1 heterocycles. The number of fused-ring (bicyclic) bond motifs is 1. The Balaban J connectivity index is 1.53. The first-order chi connectivity index (χ1) is 18.2. The molecule has 1 fully saturated rings. The Kier molecular flexibility index (Phi) is 8.79. The van der Waals surface area contributed by atoms with Crippen molar-refractivity contribution in [2.45, 2.75) is 51.8 Å². The molecule has 0 aromatic heterocycles. The van der Waals surface area contributed by atoms with E-state index in [0.717, 1.165) is 16.7 Å². The van der Waals surface area contributed by atoms with Gasteiger partial charge < -0.3 is 19.3 Å². The van der Waals surface area contributed by atoms with E-state index in [9.17, 15) is 19.5 Å². The molecule has 38 heavy (non-hydrogen) atoms. The van der Waals surface area contributed by atoms with Crippen molar-refractivity contribution in [2.75, 3.05) is 26.8 Å². The van der Waals surface area contributed by atoms with Crippen LogP contribution in [0.2, 0.25) is 5.02 Å². The fraction of sp³-hybridized carbons (Fsp3) is 0.464. The van der Waals surface area contributed by atoms with Crippen LogP contribution >= 0.6 is 11.6 Å². The summed E-state index contributed by atoms with van der Waals surface area (Å²) in [5, 5.41) is 10.0. The van der Waals surface area contributed by atoms with Gasteiger partial charge in [-0.3, -0.25) is 19.4 Å². The lowest BCUT2D eigenvalue weighted by atomic mass is 10.0. The molecule has 10 heteroatoms. The van der Waals surface area contributed by atoms with Crippen LogP contribution in [-0.2, 0) is 27.3 Å². The summed E-state index contributed by atoms with van der Waals surface area (Å²) < 4.78 is 16.8. The molecule has 204 valence electrons. The van der Waals surface area contributed by atoms with Crippen LogP contribution in [0.15, 0.2) is 36.4 Å². The maximum atomic E-state index is 11.8. The molecule has 1 aliphatic heterocycles. The number of ether oxygens (including phenoxy) is 3. The van der Waals surface area contributed by atoms with Crippen molar-refractivity contribution < 1.29 is 33.7 Å². The second kappa shape index (κ2) is 12.0. The number of amides is 2. The molecule has 2 atom stereocenters. The summed E-state index contributed by atoms with van der Waals surface area (Å²) >= 11 is 6.22. The molecule has 0 bridgehead atoms. The van der Waals surface area contributed by atoms with Gasteiger partial charge in [-0.05, 0) is 46.9 Å². The Bertz CT molecular complexity index is 1190. The Morgan fingerprint density at radius 1 is 1.13 bits per heavy atom. The van der Waals surface area contributed by atoms with Crippen molar-refractivity contribution in [1.29, 1.82) is 0 Å². The van der Waals surface area contributed by atoms with E-state index in [4.69, 9.17) is 25.8 Å². The number of nitrogens with zero attached hydrogens (tertiary/aromatic N) is 2. The lowest BCUT2D eigenvalue weighted by Crippen LogP contribution is -2.38. The molecule has 2 amide bonds. The van der Waals surface area contributed by atoms with Gasteiger partial charge in [0.15, 0.2) is 11.5 Å². The highest BCUT2D eigenvalue weighted by molar-refractivity contribution is 6.30. The smallest absolute Gasteiger partial charge is 0.493 e. The minimum Gasteiger partial charge on any atom is -0.493 e. The second-order valence-corrected chi connectivity index (χ2v) is 10.4. The van der Waals surface area contributed by atoms with E-state index in [1.54, 1.807) is 7.11 Å². The zero-order valence-corrected chi connectivity index (χ0v) is 22.6. The number of methoxy groups -OCH3 is 1. The number of benzene rings is 2. The Labute approximate surface area is 227 Å². The Hall–Kier alpha value is -3.30. The first-order valence-corrected chi connectivity index (χ1v) is 13.1. The molecule has 0 radical (unpaired) electrons. The number of carboxylic acid groups (broad SMARTS) is 1. The van der Waals surface area contributed by atoms with Crippen molar-refractivity contribution >= 4 is 29.6 Å². The molecule has 0 saturated carbocycles. The number of hydrogen-bond acceptors (Lipinski definition) is 7. The number of likely N-dealkylation sites (tertiary alicyclic amines) is 1. The number of hydrogen-bond donors (Lipinski definition) is 1. The normalized spacial score (nSPS) is 18.8. The highest BCUT2D eigenvalue weighted by Crippen LogP contribution is 2.40. The maximum absolute atomic E-state index is 11.8. The van der Waals surface area contributed by atoms with Crippen LogP contribution in [0.3, 0.4) is 0 Å². The standard InChI is InChI=1S/C28H33ClN2O7/c1-17(2)15-30(27-21-6-5-20(29)13-19(21)14-24(27)38-28(34)35)16-18-4-7-22(23(12-18)36-3)37-11-10-31-25(32)8-9-26(31)33/h4-7,12-13,17,24,27H,8-11,14-16H2,1-3H3,(H,34,35). The zero-order chi connectivity index (χ0) is 27.4. The summed E-state index contributed by atoms with van der Waals surface area (Å²) in [7, 11) is 1.55. The highest BCUT2D eigenvalue weighted by Gasteiger charge is 2.39. The van der Waals surface area contributed by atoms with Gasteiger partial charge >= 0.3 is 6.16 Å². The van der Waals surface area contributed by atoms with Gasteiger partial charge in [-0.1, -0.05) is 37.6 Å². The van der Waals surface area contributed by atoms with Gasteiger partial charge in [0.2, 0.25) is 11.8 Å². The van der Waals surface area contributed by atoms with Crippen LogP contribution in [0, 0.1) is 5.92 Å². The number of imide groups is 1. The van der Waals surface area contributed by atoms with Gasteiger partial charge in [0.05, 0.1) is 19.7 Å². The summed E-state index contributed by atoms with van der Waals surface area (Å²) in [5.74, 6) is 1.01. The summed E-state index contributed by atoms with van der Waals surface area (Å²) in [6.45, 7) is 5.84. The SMILES string of the molecule is COc1cc(CN(CC(C)C)C2c3ccc(Cl)cc3CC2OC(=O)O)ccc1OCCN1C(=O)CCC1=O. The monoisotopic (exact) mass is 544 g/mol. The molecule has 2 unspecified atom stereocenters. The van der Waals surface area contributed by atoms with Gasteiger partial charge in [-0.15, -0.1) is 0 Å². The topological polar surface area (TPSA) is 106 Å². The second-order valence-electron chi connectivity index (χ2n) is 10.0. The van der Waals surface area contributed by atoms with E-state index in [0.29, 0.717) is 41.9 Å². The largest absolute Gasteiger partial charge is 0.506 e. The molecule has 2 aromatic carbocycles. The number of carbonyl (C=O) groups excluding carboxylic acids is 2. The summed E-state index contributed by atoms with van der Waals surface area (Å²) in [6.07, 6.45) is -0.898. The molecule has 1 N–H and O–H groups in total. The molecule has 2 aliphatic rings. The number of carbonyl (C=O) groups is 3. The minimum absolute atomic E-state index is 0.169. The lowest BCUT2D eigenvalue weighted by Gasteiger charge is -2.34. The van der Waals surface area contributed by atoms with Gasteiger partial charge in [0.1, 0.15) is 12.7 Å². The van der Waals surface area contributed by atoms with Crippen molar-refractivity contribution in [2.24, 2.45) is 5.92 Å². The van der Waals surface area contributed by atoms with E-state index in [1.165, 1.54) is 4.90 Å². The maximum Gasteiger partial charge on any atom is 0.506 e. The highest BCUT2D eigenvalue weighted by atomic mass is 35.5. The molecular formula is C28H33ClN2O7. The van der Waals surface area contributed by atoms with Gasteiger partial charge in [-0.25, -0.2) is 4.79 Å². The fourth-order valence-electron chi connectivity index (χ4n) is 5.26. The molecule has 4 rings (SSSR count). The average molecular weight is 545 g/mol. The lowest BCUT2D eigenvalue weighted by molar-refractivity contribution is -0.138. The summed E-state index contributed by atoms with van der Waals surface area (Å²) in [6, 6.07) is 11.0. The first-order valence-electron chi connectivity index (χ1n) is 12.7. The third-order valence-electron chi connectivity index (χ3n) is 6.78. The van der Waals surface area contributed by atoms with Crippen LogP contribution in [0.25, 0.3) is 0 Å². The average Bonchev–Trinajstić information content (AvgIpc) is 3.36. The zero-order valence-electron chi connectivity index (χ0n) is 21.8. The minimum atomic E-state index is -1.30. The van der Waals surface area contributed by atoms with E-state index in [1.807, 2.05) is 36.4 Å². The summed E-state index contributed by atoms with van der Waals surface area (Å²) in [5.41, 5.74) is 2.95. The molecule has 0 spiro atoms. The molecule has 1 saturated heterocycles. The van der Waals surface area contributed by atoms with Crippen molar-refractivity contribution in [3.8, 4) is 11.5 Å². The van der Waals surface area contributed by atoms with Crippen molar-refractivity contribution in [3.63, 3.8) is 0 Å². The summed E-state index contributed by atoms with van der Waals surface area (Å²) in [4.78, 5) is 38.6. The first kappa shape index (κ1) is 27.7. The van der Waals surface area contributed by atoms with E-state index in [-0.39, 0.29) is 43.8 Å². The predicted octanol–water partition coefficient (Wildman–Crippen LogP) is 4.70. The van der Waals surface area contributed by atoms with E-state index in [2.05, 4.69) is 18.7 Å². The molecular weight excluding hydrogens is 512 g/mol. The van der Waals surface area contributed by atoms with Crippen molar-refractivity contribution in [1.82, 2.24) is 9.80 Å². The van der Waals surface area contributed by atoms with E-state index >= 15 is 0 Å². The molecule has 1 aliphatic carbocycles. The van der Waals surface area contributed by atoms with Crippen LogP contribution in [-0.4, -0.2) is 65.8 Å². The van der Waals surface area contributed by atoms with Gasteiger partial charge in [0, 0.05) is 37.4 Å². The Morgan fingerprint density at radius 2 is 1.87 bits per heavy atom. The number of rotatable bonds is 11.